The summed E-state index contributed by atoms with van der Waals surface area (Å²) in [6, 6.07) is 20.4. The van der Waals surface area contributed by atoms with Crippen LogP contribution >= 0.6 is 0 Å². The Balaban J connectivity index is 1.83. The average Bonchev–Trinajstić information content (AvgIpc) is 2.77. The molecule has 3 nitrogen and oxygen atoms in total. The lowest BCUT2D eigenvalue weighted by Crippen LogP contribution is -2.03. The van der Waals surface area contributed by atoms with Crippen molar-refractivity contribution in [2.75, 3.05) is 6.26 Å². The Hall–Kier alpha value is -3.29. The van der Waals surface area contributed by atoms with E-state index in [1.807, 2.05) is 6.07 Å². The molecule has 32 heavy (non-hydrogen) atoms. The van der Waals surface area contributed by atoms with Crippen LogP contribution in [0.1, 0.15) is 15.9 Å². The number of carbonyl (C=O) groups is 1. The highest BCUT2D eigenvalue weighted by Gasteiger charge is 2.30. The van der Waals surface area contributed by atoms with Crippen molar-refractivity contribution in [2.24, 2.45) is 0 Å². The lowest BCUT2D eigenvalue weighted by Gasteiger charge is -2.12. The second-order valence-electron chi connectivity index (χ2n) is 7.32. The number of rotatable bonds is 4. The van der Waals surface area contributed by atoms with E-state index in [0.29, 0.717) is 27.0 Å². The van der Waals surface area contributed by atoms with Gasteiger partial charge in [-0.15, -0.1) is 0 Å². The first-order valence-corrected chi connectivity index (χ1v) is 11.1. The van der Waals surface area contributed by atoms with Gasteiger partial charge in [0.1, 0.15) is 6.26 Å². The number of halogens is 3. The molecule has 0 aliphatic heterocycles. The van der Waals surface area contributed by atoms with Crippen LogP contribution in [-0.2, 0) is 17.4 Å². The van der Waals surface area contributed by atoms with Gasteiger partial charge in [-0.3, -0.25) is 0 Å². The quantitative estimate of drug-likeness (QED) is 0.352. The Morgan fingerprint density at radius 1 is 0.844 bits per heavy atom. The molecule has 0 bridgehead atoms. The number of carboxylic acids is 1. The van der Waals surface area contributed by atoms with Gasteiger partial charge in [-0.2, -0.15) is 13.2 Å². The zero-order chi connectivity index (χ0) is 23.0. The van der Waals surface area contributed by atoms with Crippen LogP contribution in [0.15, 0.2) is 83.8 Å². The first-order valence-electron chi connectivity index (χ1n) is 9.56. The summed E-state index contributed by atoms with van der Waals surface area (Å²) in [7, 11) is 0. The fraction of sp³-hybridized carbons (Fsp3) is 0.0800. The summed E-state index contributed by atoms with van der Waals surface area (Å²) in [4.78, 5) is 12.4. The molecule has 0 aliphatic carbocycles. The molecule has 0 spiro atoms. The van der Waals surface area contributed by atoms with E-state index in [1.54, 1.807) is 54.8 Å². The molecule has 1 atom stereocenters. The first-order chi connectivity index (χ1) is 15.1. The maximum absolute atomic E-state index is 12.9. The van der Waals surface area contributed by atoms with Crippen molar-refractivity contribution in [3.8, 4) is 22.3 Å². The van der Waals surface area contributed by atoms with Crippen molar-refractivity contribution in [3.05, 3.63) is 90.0 Å². The minimum Gasteiger partial charge on any atom is -0.612 e. The molecule has 4 rings (SSSR count). The predicted molar refractivity (Wildman–Crippen MR) is 119 cm³/mol. The molecule has 0 saturated carbocycles. The monoisotopic (exact) mass is 454 g/mol. The van der Waals surface area contributed by atoms with Gasteiger partial charge in [0.2, 0.25) is 0 Å². The van der Waals surface area contributed by atoms with Crippen LogP contribution < -0.4 is 0 Å². The fourth-order valence-corrected chi connectivity index (χ4v) is 4.11. The van der Waals surface area contributed by atoms with Gasteiger partial charge in [-0.25, -0.2) is 4.79 Å². The summed E-state index contributed by atoms with van der Waals surface area (Å²) in [5.41, 5.74) is 2.12. The summed E-state index contributed by atoms with van der Waals surface area (Å²) in [6.07, 6.45) is -2.83. The van der Waals surface area contributed by atoms with Crippen molar-refractivity contribution >= 4 is 27.9 Å². The zero-order valence-corrected chi connectivity index (χ0v) is 17.6. The zero-order valence-electron chi connectivity index (χ0n) is 16.8. The van der Waals surface area contributed by atoms with Gasteiger partial charge >= 0.3 is 12.1 Å². The molecule has 4 aromatic carbocycles. The minimum absolute atomic E-state index is 0.0974. The highest BCUT2D eigenvalue weighted by molar-refractivity contribution is 7.90. The predicted octanol–water partition coefficient (Wildman–Crippen LogP) is 6.63. The van der Waals surface area contributed by atoms with Gasteiger partial charge in [-0.1, -0.05) is 24.3 Å². The van der Waals surface area contributed by atoms with Crippen LogP contribution in [0.25, 0.3) is 33.0 Å². The molecule has 0 aromatic heterocycles. The Bertz CT molecular complexity index is 1300. The third kappa shape index (κ3) is 4.35. The summed E-state index contributed by atoms with van der Waals surface area (Å²) >= 11 is -1.13. The lowest BCUT2D eigenvalue weighted by atomic mass is 9.93. The topological polar surface area (TPSA) is 60.4 Å². The van der Waals surface area contributed by atoms with E-state index in [1.165, 1.54) is 12.1 Å². The van der Waals surface area contributed by atoms with E-state index >= 15 is 0 Å². The van der Waals surface area contributed by atoms with Crippen LogP contribution in [0.4, 0.5) is 13.2 Å². The standard InChI is InChI=1S/C25H17F3O3S/c1-32(31)21-9-4-16(5-10-21)23-14-19(24(29)30)13-18-12-17(6-11-22(18)23)15-2-7-20(8-3-15)25(26,27)28/h2-14H,1H3,(H,29,30). The molecule has 1 unspecified atom stereocenters. The molecule has 0 saturated heterocycles. The summed E-state index contributed by atoms with van der Waals surface area (Å²) in [6.45, 7) is 0. The van der Waals surface area contributed by atoms with Crippen molar-refractivity contribution < 1.29 is 27.6 Å². The molecule has 162 valence electrons. The molecule has 0 amide bonds. The van der Waals surface area contributed by atoms with E-state index in [9.17, 15) is 27.6 Å². The van der Waals surface area contributed by atoms with Gasteiger partial charge < -0.3 is 9.66 Å². The number of benzene rings is 4. The van der Waals surface area contributed by atoms with E-state index < -0.39 is 28.9 Å². The van der Waals surface area contributed by atoms with Crippen molar-refractivity contribution in [1.29, 1.82) is 0 Å². The number of fused-ring (bicyclic) bond motifs is 1. The number of alkyl halides is 3. The van der Waals surface area contributed by atoms with Crippen LogP contribution in [-0.4, -0.2) is 21.9 Å². The Labute approximate surface area is 185 Å². The lowest BCUT2D eigenvalue weighted by molar-refractivity contribution is -0.137. The SMILES string of the molecule is C[S+]([O-])c1ccc(-c2cc(C(=O)O)cc3cc(-c4ccc(C(F)(F)F)cc4)ccc23)cc1. The molecular weight excluding hydrogens is 437 g/mol. The average molecular weight is 454 g/mol. The largest absolute Gasteiger partial charge is 0.612 e. The smallest absolute Gasteiger partial charge is 0.416 e. The second-order valence-corrected chi connectivity index (χ2v) is 8.70. The van der Waals surface area contributed by atoms with Gasteiger partial charge in [-0.05, 0) is 98.8 Å². The molecule has 1 N–H and O–H groups in total. The van der Waals surface area contributed by atoms with E-state index in [2.05, 4.69) is 0 Å². The number of aromatic carboxylic acids is 1. The molecule has 0 heterocycles. The third-order valence-electron chi connectivity index (χ3n) is 5.24. The molecule has 4 aromatic rings. The van der Waals surface area contributed by atoms with Crippen LogP contribution in [0.5, 0.6) is 0 Å². The molecule has 0 fully saturated rings. The van der Waals surface area contributed by atoms with E-state index in [4.69, 9.17) is 0 Å². The normalized spacial score (nSPS) is 12.7. The molecule has 0 radical (unpaired) electrons. The van der Waals surface area contributed by atoms with Crippen molar-refractivity contribution in [1.82, 2.24) is 0 Å². The summed E-state index contributed by atoms with van der Waals surface area (Å²) in [5.74, 6) is -1.08. The molecular formula is C25H17F3O3S. The number of hydrogen-bond acceptors (Lipinski definition) is 2. The highest BCUT2D eigenvalue weighted by Crippen LogP contribution is 2.35. The van der Waals surface area contributed by atoms with Crippen molar-refractivity contribution in [3.63, 3.8) is 0 Å². The van der Waals surface area contributed by atoms with Crippen molar-refractivity contribution in [2.45, 2.75) is 11.1 Å². The van der Waals surface area contributed by atoms with Crippen LogP contribution in [0.2, 0.25) is 0 Å². The molecule has 0 aliphatic rings. The Morgan fingerprint density at radius 3 is 2.00 bits per heavy atom. The number of carboxylic acid groups (broad SMARTS) is 1. The van der Waals surface area contributed by atoms with Gasteiger partial charge in [0.05, 0.1) is 11.1 Å². The highest BCUT2D eigenvalue weighted by atomic mass is 32.2. The third-order valence-corrected chi connectivity index (χ3v) is 6.18. The van der Waals surface area contributed by atoms with Crippen LogP contribution in [0.3, 0.4) is 0 Å². The van der Waals surface area contributed by atoms with Gasteiger partial charge in [0, 0.05) is 0 Å². The fourth-order valence-electron chi connectivity index (χ4n) is 3.59. The maximum Gasteiger partial charge on any atom is 0.416 e. The second kappa shape index (κ2) is 8.33. The van der Waals surface area contributed by atoms with Crippen LogP contribution in [0, 0.1) is 0 Å². The summed E-state index contributed by atoms with van der Waals surface area (Å²) < 4.78 is 50.2. The summed E-state index contributed by atoms with van der Waals surface area (Å²) in [5, 5.41) is 11.0. The van der Waals surface area contributed by atoms with Gasteiger partial charge in [0.15, 0.2) is 4.90 Å². The van der Waals surface area contributed by atoms with Gasteiger partial charge in [0.25, 0.3) is 0 Å². The maximum atomic E-state index is 12.9. The van der Waals surface area contributed by atoms with E-state index in [0.717, 1.165) is 23.1 Å². The molecule has 7 heteroatoms. The minimum atomic E-state index is -4.41. The number of hydrogen-bond donors (Lipinski definition) is 1. The first kappa shape index (κ1) is 21.9. The Kier molecular flexibility index (Phi) is 5.71. The Morgan fingerprint density at radius 2 is 1.44 bits per heavy atom. The van der Waals surface area contributed by atoms with E-state index in [-0.39, 0.29) is 5.56 Å².